The molecular formula is C11H15ClN2O2. The Balaban J connectivity index is 0.00000128. The minimum absolute atomic E-state index is 0. The fraction of sp³-hybridized carbons (Fsp3) is 0.364. The molecule has 0 atom stereocenters. The summed E-state index contributed by atoms with van der Waals surface area (Å²) in [5.74, 6) is -0.121. The number of hydrogen-bond acceptors (Lipinski definition) is 4. The highest BCUT2D eigenvalue weighted by atomic mass is 35.5. The number of benzene rings is 1. The molecule has 1 aliphatic rings. The molecule has 0 spiro atoms. The number of rotatable bonds is 3. The standard InChI is InChI=1S/C11H14N2O2.ClH/c14-10-2-1-9(7-11(10)15)3-5-13-6-4-12-8-13;/h1-2,7-8,14-15H,3-6H2;1H. The highest BCUT2D eigenvalue weighted by Crippen LogP contribution is 2.25. The van der Waals surface area contributed by atoms with Crippen LogP contribution in [0.25, 0.3) is 0 Å². The van der Waals surface area contributed by atoms with Crippen molar-refractivity contribution in [1.82, 2.24) is 4.90 Å². The topological polar surface area (TPSA) is 56.1 Å². The molecule has 0 radical (unpaired) electrons. The quantitative estimate of drug-likeness (QED) is 0.788. The molecule has 16 heavy (non-hydrogen) atoms. The molecule has 0 aromatic heterocycles. The molecule has 0 fully saturated rings. The van der Waals surface area contributed by atoms with Gasteiger partial charge < -0.3 is 15.1 Å². The van der Waals surface area contributed by atoms with E-state index in [1.54, 1.807) is 6.07 Å². The minimum atomic E-state index is -0.0681. The van der Waals surface area contributed by atoms with Crippen LogP contribution in [0.4, 0.5) is 0 Å². The predicted octanol–water partition coefficient (Wildman–Crippen LogP) is 1.41. The summed E-state index contributed by atoms with van der Waals surface area (Å²) in [6, 6.07) is 4.94. The van der Waals surface area contributed by atoms with Gasteiger partial charge in [-0.3, -0.25) is 4.99 Å². The van der Waals surface area contributed by atoms with Crippen molar-refractivity contribution >= 4 is 18.7 Å². The van der Waals surface area contributed by atoms with Crippen LogP contribution in [0.15, 0.2) is 23.2 Å². The third-order valence-corrected chi connectivity index (χ3v) is 2.49. The Morgan fingerprint density at radius 1 is 1.25 bits per heavy atom. The van der Waals surface area contributed by atoms with E-state index >= 15 is 0 Å². The van der Waals surface area contributed by atoms with Gasteiger partial charge in [0.05, 0.1) is 12.9 Å². The van der Waals surface area contributed by atoms with Gasteiger partial charge in [-0.05, 0) is 24.1 Å². The zero-order valence-corrected chi connectivity index (χ0v) is 9.65. The molecule has 2 N–H and O–H groups in total. The van der Waals surface area contributed by atoms with Crippen LogP contribution in [0.2, 0.25) is 0 Å². The summed E-state index contributed by atoms with van der Waals surface area (Å²) in [5, 5.41) is 18.4. The first kappa shape index (κ1) is 12.6. The highest BCUT2D eigenvalue weighted by molar-refractivity contribution is 5.85. The molecule has 88 valence electrons. The van der Waals surface area contributed by atoms with E-state index < -0.39 is 0 Å². The second kappa shape index (κ2) is 5.61. The van der Waals surface area contributed by atoms with Crippen molar-refractivity contribution in [2.45, 2.75) is 6.42 Å². The van der Waals surface area contributed by atoms with Gasteiger partial charge in [0.15, 0.2) is 11.5 Å². The molecule has 5 heteroatoms. The van der Waals surface area contributed by atoms with Gasteiger partial charge in [0.25, 0.3) is 0 Å². The Morgan fingerprint density at radius 3 is 2.69 bits per heavy atom. The Bertz CT molecular complexity index is 382. The van der Waals surface area contributed by atoms with Crippen LogP contribution in [-0.2, 0) is 6.42 Å². The van der Waals surface area contributed by atoms with E-state index in [0.717, 1.165) is 31.6 Å². The van der Waals surface area contributed by atoms with Crippen LogP contribution in [0.1, 0.15) is 5.56 Å². The molecule has 0 bridgehead atoms. The Hall–Kier alpha value is -1.42. The fourth-order valence-electron chi connectivity index (χ4n) is 1.58. The van der Waals surface area contributed by atoms with Crippen LogP contribution in [0, 0.1) is 0 Å². The first-order valence-electron chi connectivity index (χ1n) is 5.00. The summed E-state index contributed by atoms with van der Waals surface area (Å²) in [7, 11) is 0. The molecule has 1 aliphatic heterocycles. The summed E-state index contributed by atoms with van der Waals surface area (Å²) in [6.07, 6.45) is 2.71. The smallest absolute Gasteiger partial charge is 0.157 e. The van der Waals surface area contributed by atoms with Gasteiger partial charge in [-0.2, -0.15) is 0 Å². The molecule has 2 rings (SSSR count). The van der Waals surface area contributed by atoms with E-state index in [1.165, 1.54) is 6.07 Å². The molecule has 0 amide bonds. The number of aromatic hydroxyl groups is 2. The van der Waals surface area contributed by atoms with Crippen LogP contribution in [-0.4, -0.2) is 41.1 Å². The molecule has 0 saturated carbocycles. The Labute approximate surface area is 101 Å². The molecule has 1 aromatic rings. The number of nitrogens with zero attached hydrogens (tertiary/aromatic N) is 2. The summed E-state index contributed by atoms with van der Waals surface area (Å²) in [6.45, 7) is 2.75. The molecule has 4 nitrogen and oxygen atoms in total. The van der Waals surface area contributed by atoms with E-state index in [1.807, 2.05) is 12.4 Å². The lowest BCUT2D eigenvalue weighted by molar-refractivity contribution is 0.402. The molecule has 0 saturated heterocycles. The molecule has 0 aliphatic carbocycles. The SMILES string of the molecule is Cl.Oc1ccc(CCN2C=NCC2)cc1O. The van der Waals surface area contributed by atoms with E-state index in [2.05, 4.69) is 9.89 Å². The van der Waals surface area contributed by atoms with Crippen LogP contribution in [0.5, 0.6) is 11.5 Å². The van der Waals surface area contributed by atoms with Crippen molar-refractivity contribution in [1.29, 1.82) is 0 Å². The number of phenolic OH excluding ortho intramolecular Hbond substituents is 2. The maximum absolute atomic E-state index is 9.30. The number of hydrogen-bond donors (Lipinski definition) is 2. The fourth-order valence-corrected chi connectivity index (χ4v) is 1.58. The summed E-state index contributed by atoms with van der Waals surface area (Å²) in [4.78, 5) is 6.26. The Morgan fingerprint density at radius 2 is 2.06 bits per heavy atom. The Kier molecular flexibility index (Phi) is 4.43. The lowest BCUT2D eigenvalue weighted by Crippen LogP contribution is -2.22. The van der Waals surface area contributed by atoms with Gasteiger partial charge in [0, 0.05) is 13.1 Å². The van der Waals surface area contributed by atoms with Crippen molar-refractivity contribution < 1.29 is 10.2 Å². The average Bonchev–Trinajstić information content (AvgIpc) is 2.73. The van der Waals surface area contributed by atoms with Crippen molar-refractivity contribution in [3.05, 3.63) is 23.8 Å². The lowest BCUT2D eigenvalue weighted by atomic mass is 10.1. The number of aliphatic imine (C=N–C) groups is 1. The first-order chi connectivity index (χ1) is 7.25. The molecular weight excluding hydrogens is 228 g/mol. The number of phenols is 2. The van der Waals surface area contributed by atoms with E-state index in [9.17, 15) is 5.11 Å². The molecule has 1 aromatic carbocycles. The van der Waals surface area contributed by atoms with Crippen LogP contribution in [0.3, 0.4) is 0 Å². The maximum atomic E-state index is 9.30. The van der Waals surface area contributed by atoms with Gasteiger partial charge in [-0.25, -0.2) is 0 Å². The van der Waals surface area contributed by atoms with Gasteiger partial charge in [-0.1, -0.05) is 6.07 Å². The van der Waals surface area contributed by atoms with Crippen molar-refractivity contribution in [2.24, 2.45) is 4.99 Å². The van der Waals surface area contributed by atoms with Crippen molar-refractivity contribution in [3.63, 3.8) is 0 Å². The third kappa shape index (κ3) is 3.03. The summed E-state index contributed by atoms with van der Waals surface area (Å²) < 4.78 is 0. The average molecular weight is 243 g/mol. The summed E-state index contributed by atoms with van der Waals surface area (Å²) in [5.41, 5.74) is 1.02. The maximum Gasteiger partial charge on any atom is 0.157 e. The van der Waals surface area contributed by atoms with Crippen LogP contribution < -0.4 is 0 Å². The molecule has 0 unspecified atom stereocenters. The minimum Gasteiger partial charge on any atom is -0.504 e. The third-order valence-electron chi connectivity index (χ3n) is 2.49. The second-order valence-electron chi connectivity index (χ2n) is 3.63. The lowest BCUT2D eigenvalue weighted by Gasteiger charge is -2.13. The van der Waals surface area contributed by atoms with Gasteiger partial charge >= 0.3 is 0 Å². The van der Waals surface area contributed by atoms with E-state index in [0.29, 0.717) is 0 Å². The van der Waals surface area contributed by atoms with E-state index in [-0.39, 0.29) is 23.9 Å². The van der Waals surface area contributed by atoms with E-state index in [4.69, 9.17) is 5.11 Å². The normalized spacial score (nSPS) is 13.9. The zero-order valence-electron chi connectivity index (χ0n) is 8.83. The number of halogens is 1. The van der Waals surface area contributed by atoms with Gasteiger partial charge in [0.2, 0.25) is 0 Å². The zero-order chi connectivity index (χ0) is 10.7. The summed E-state index contributed by atoms with van der Waals surface area (Å²) >= 11 is 0. The second-order valence-corrected chi connectivity index (χ2v) is 3.63. The van der Waals surface area contributed by atoms with Crippen LogP contribution >= 0.6 is 12.4 Å². The largest absolute Gasteiger partial charge is 0.504 e. The van der Waals surface area contributed by atoms with Gasteiger partial charge in [0.1, 0.15) is 0 Å². The molecule has 1 heterocycles. The highest BCUT2D eigenvalue weighted by Gasteiger charge is 2.06. The predicted molar refractivity (Wildman–Crippen MR) is 65.7 cm³/mol. The van der Waals surface area contributed by atoms with Crippen molar-refractivity contribution in [3.8, 4) is 11.5 Å². The monoisotopic (exact) mass is 242 g/mol. The van der Waals surface area contributed by atoms with Crippen molar-refractivity contribution in [2.75, 3.05) is 19.6 Å². The van der Waals surface area contributed by atoms with Gasteiger partial charge in [-0.15, -0.1) is 12.4 Å². The first-order valence-corrected chi connectivity index (χ1v) is 5.00.